The molecule has 7 heteroatoms. The van der Waals surface area contributed by atoms with E-state index in [-0.39, 0.29) is 34.9 Å². The third kappa shape index (κ3) is 5.11. The minimum absolute atomic E-state index is 0.0386. The van der Waals surface area contributed by atoms with Gasteiger partial charge in [-0.15, -0.1) is 0 Å². The Kier molecular flexibility index (Phi) is 6.98. The number of ether oxygens (including phenoxy) is 2. The molecule has 0 aliphatic rings. The molecule has 1 rings (SSSR count). The van der Waals surface area contributed by atoms with Crippen molar-refractivity contribution in [3.63, 3.8) is 0 Å². The van der Waals surface area contributed by atoms with Crippen LogP contribution in [0.25, 0.3) is 0 Å². The van der Waals surface area contributed by atoms with Crippen molar-refractivity contribution in [2.24, 2.45) is 0 Å². The quantitative estimate of drug-likeness (QED) is 0.592. The number of nitrogen functional groups attached to an aromatic ring is 1. The van der Waals surface area contributed by atoms with E-state index in [1.165, 1.54) is 19.2 Å². The summed E-state index contributed by atoms with van der Waals surface area (Å²) in [5, 5.41) is 2.96. The van der Waals surface area contributed by atoms with Crippen molar-refractivity contribution in [2.45, 2.75) is 32.7 Å². The lowest BCUT2D eigenvalue weighted by atomic mass is 10.2. The highest BCUT2D eigenvalue weighted by molar-refractivity contribution is 6.33. The summed E-state index contributed by atoms with van der Waals surface area (Å²) in [6.07, 6.45) is 1.82. The molecule has 3 N–H and O–H groups in total. The highest BCUT2D eigenvalue weighted by Crippen LogP contribution is 2.29. The predicted molar refractivity (Wildman–Crippen MR) is 85.2 cm³/mol. The number of nitrogens with two attached hydrogens (primary N) is 1. The fourth-order valence-electron chi connectivity index (χ4n) is 1.93. The van der Waals surface area contributed by atoms with Gasteiger partial charge < -0.3 is 20.5 Å². The summed E-state index contributed by atoms with van der Waals surface area (Å²) in [5.41, 5.74) is 6.06. The zero-order valence-electron chi connectivity index (χ0n) is 12.9. The molecule has 0 heterocycles. The van der Waals surface area contributed by atoms with E-state index in [2.05, 4.69) is 5.32 Å². The summed E-state index contributed by atoms with van der Waals surface area (Å²) in [4.78, 5) is 23.7. The molecule has 1 atom stereocenters. The minimum atomic E-state index is -0.697. The first-order valence-corrected chi connectivity index (χ1v) is 7.36. The molecule has 22 heavy (non-hydrogen) atoms. The van der Waals surface area contributed by atoms with Crippen LogP contribution in [0.1, 0.15) is 37.0 Å². The Hall–Kier alpha value is -1.95. The number of hydrogen-bond acceptors (Lipinski definition) is 5. The number of esters is 1. The molecule has 0 aliphatic carbocycles. The molecule has 122 valence electrons. The number of anilines is 1. The summed E-state index contributed by atoms with van der Waals surface area (Å²) in [7, 11) is 1.40. The molecule has 1 aromatic rings. The van der Waals surface area contributed by atoms with Crippen molar-refractivity contribution < 1.29 is 19.1 Å². The van der Waals surface area contributed by atoms with Gasteiger partial charge in [0.1, 0.15) is 11.3 Å². The van der Waals surface area contributed by atoms with Crippen LogP contribution in [0.2, 0.25) is 5.02 Å². The van der Waals surface area contributed by atoms with Crippen LogP contribution in [0.15, 0.2) is 12.1 Å². The maximum Gasteiger partial charge on any atom is 0.342 e. The molecular weight excluding hydrogens is 308 g/mol. The summed E-state index contributed by atoms with van der Waals surface area (Å²) in [6, 6.07) is 2.83. The van der Waals surface area contributed by atoms with Crippen LogP contribution in [0.5, 0.6) is 5.75 Å². The lowest BCUT2D eigenvalue weighted by Gasteiger charge is -2.13. The van der Waals surface area contributed by atoms with Gasteiger partial charge in [0.2, 0.25) is 0 Å². The van der Waals surface area contributed by atoms with Gasteiger partial charge in [0.05, 0.1) is 17.8 Å². The Labute approximate surface area is 134 Å². The van der Waals surface area contributed by atoms with Crippen molar-refractivity contribution in [2.75, 3.05) is 19.5 Å². The molecule has 0 aromatic heterocycles. The normalized spacial score (nSPS) is 11.6. The first-order valence-electron chi connectivity index (χ1n) is 6.98. The lowest BCUT2D eigenvalue weighted by molar-refractivity contribution is -0.124. The Morgan fingerprint density at radius 3 is 2.68 bits per heavy atom. The first-order chi connectivity index (χ1) is 10.4. The van der Waals surface area contributed by atoms with Crippen LogP contribution in [0.4, 0.5) is 5.69 Å². The molecule has 0 saturated heterocycles. The van der Waals surface area contributed by atoms with Gasteiger partial charge in [-0.1, -0.05) is 24.9 Å². The van der Waals surface area contributed by atoms with Gasteiger partial charge in [0.25, 0.3) is 5.91 Å². The predicted octanol–water partition coefficient (Wildman–Crippen LogP) is 2.39. The number of benzene rings is 1. The van der Waals surface area contributed by atoms with Gasteiger partial charge in [-0.3, -0.25) is 4.79 Å². The van der Waals surface area contributed by atoms with Gasteiger partial charge >= 0.3 is 5.97 Å². The Morgan fingerprint density at radius 1 is 1.41 bits per heavy atom. The van der Waals surface area contributed by atoms with Gasteiger partial charge in [-0.2, -0.15) is 0 Å². The molecule has 0 bridgehead atoms. The third-order valence-electron chi connectivity index (χ3n) is 3.00. The van der Waals surface area contributed by atoms with Crippen molar-refractivity contribution >= 4 is 29.2 Å². The van der Waals surface area contributed by atoms with E-state index >= 15 is 0 Å². The second-order valence-electron chi connectivity index (χ2n) is 4.91. The number of rotatable bonds is 7. The zero-order valence-corrected chi connectivity index (χ0v) is 13.7. The first kappa shape index (κ1) is 18.1. The Morgan fingerprint density at radius 2 is 2.09 bits per heavy atom. The summed E-state index contributed by atoms with van der Waals surface area (Å²) >= 11 is 5.89. The number of nitrogens with one attached hydrogen (secondary N) is 1. The monoisotopic (exact) mass is 328 g/mol. The van der Waals surface area contributed by atoms with Crippen molar-refractivity contribution in [3.05, 3.63) is 22.7 Å². The number of halogens is 1. The highest BCUT2D eigenvalue weighted by atomic mass is 35.5. The van der Waals surface area contributed by atoms with Gasteiger partial charge in [0, 0.05) is 12.1 Å². The molecule has 0 spiro atoms. The van der Waals surface area contributed by atoms with E-state index in [1.807, 2.05) is 13.8 Å². The van der Waals surface area contributed by atoms with Crippen LogP contribution >= 0.6 is 11.6 Å². The number of carbonyl (C=O) groups excluding carboxylic acids is 2. The molecule has 0 aliphatic heterocycles. The zero-order chi connectivity index (χ0) is 16.7. The van der Waals surface area contributed by atoms with Crippen LogP contribution in [0, 0.1) is 0 Å². The largest absolute Gasteiger partial charge is 0.496 e. The van der Waals surface area contributed by atoms with Crippen molar-refractivity contribution in [3.8, 4) is 5.75 Å². The highest BCUT2D eigenvalue weighted by Gasteiger charge is 2.18. The molecule has 0 saturated carbocycles. The summed E-state index contributed by atoms with van der Waals surface area (Å²) in [5.74, 6) is -0.807. The van der Waals surface area contributed by atoms with E-state index in [1.54, 1.807) is 0 Å². The number of hydrogen-bond donors (Lipinski definition) is 2. The molecule has 1 aromatic carbocycles. The number of carbonyl (C=O) groups is 2. The fraction of sp³-hybridized carbons (Fsp3) is 0.467. The molecule has 0 unspecified atom stereocenters. The van der Waals surface area contributed by atoms with E-state index in [9.17, 15) is 9.59 Å². The maximum atomic E-state index is 12.0. The van der Waals surface area contributed by atoms with Crippen LogP contribution in [0.3, 0.4) is 0 Å². The van der Waals surface area contributed by atoms with Crippen LogP contribution in [-0.4, -0.2) is 31.6 Å². The lowest BCUT2D eigenvalue weighted by Crippen LogP contribution is -2.35. The Bertz CT molecular complexity index is 549. The molecule has 0 fully saturated rings. The summed E-state index contributed by atoms with van der Waals surface area (Å²) in [6.45, 7) is 3.56. The average molecular weight is 329 g/mol. The van der Waals surface area contributed by atoms with Gasteiger partial charge in [0.15, 0.2) is 6.61 Å². The van der Waals surface area contributed by atoms with Crippen LogP contribution in [-0.2, 0) is 9.53 Å². The molecule has 6 nitrogen and oxygen atoms in total. The SMILES string of the molecule is CCC[C@H](C)NC(=O)COC(=O)c1cc(Cl)c(N)cc1OC. The van der Waals surface area contributed by atoms with Gasteiger partial charge in [-0.25, -0.2) is 4.79 Å². The summed E-state index contributed by atoms with van der Waals surface area (Å²) < 4.78 is 10.0. The van der Waals surface area contributed by atoms with E-state index < -0.39 is 5.97 Å². The minimum Gasteiger partial charge on any atom is -0.496 e. The van der Waals surface area contributed by atoms with E-state index in [0.29, 0.717) is 5.69 Å². The molecular formula is C15H21ClN2O4. The van der Waals surface area contributed by atoms with Crippen molar-refractivity contribution in [1.29, 1.82) is 0 Å². The maximum absolute atomic E-state index is 12.0. The Balaban J connectivity index is 2.66. The molecule has 1 amide bonds. The molecule has 0 radical (unpaired) electrons. The average Bonchev–Trinajstić information content (AvgIpc) is 2.47. The topological polar surface area (TPSA) is 90.7 Å². The number of methoxy groups -OCH3 is 1. The number of amides is 1. The second-order valence-corrected chi connectivity index (χ2v) is 5.31. The standard InChI is InChI=1S/C15H21ClN2O4/c1-4-5-9(2)18-14(19)8-22-15(20)10-6-11(16)12(17)7-13(10)21-3/h6-7,9H,4-5,8,17H2,1-3H3,(H,18,19)/t9-/m0/s1. The van der Waals surface area contributed by atoms with Crippen LogP contribution < -0.4 is 15.8 Å². The smallest absolute Gasteiger partial charge is 0.342 e. The van der Waals surface area contributed by atoms with Gasteiger partial charge in [-0.05, 0) is 19.4 Å². The second kappa shape index (κ2) is 8.48. The van der Waals surface area contributed by atoms with E-state index in [0.717, 1.165) is 12.8 Å². The van der Waals surface area contributed by atoms with Crippen molar-refractivity contribution in [1.82, 2.24) is 5.32 Å². The fourth-order valence-corrected chi connectivity index (χ4v) is 2.09. The van der Waals surface area contributed by atoms with E-state index in [4.69, 9.17) is 26.8 Å². The third-order valence-corrected chi connectivity index (χ3v) is 3.33.